The van der Waals surface area contributed by atoms with E-state index in [1.54, 1.807) is 6.92 Å². The maximum atomic E-state index is 11.5. The summed E-state index contributed by atoms with van der Waals surface area (Å²) in [4.78, 5) is 19.4. The van der Waals surface area contributed by atoms with Crippen molar-refractivity contribution in [1.29, 1.82) is 0 Å². The number of hydrogen-bond donors (Lipinski definition) is 2. The van der Waals surface area contributed by atoms with Gasteiger partial charge in [0.1, 0.15) is 5.56 Å². The Balaban J connectivity index is 1.83. The van der Waals surface area contributed by atoms with Crippen molar-refractivity contribution < 1.29 is 14.6 Å². The second-order valence-electron chi connectivity index (χ2n) is 4.67. The van der Waals surface area contributed by atoms with Gasteiger partial charge >= 0.3 is 5.97 Å². The molecule has 1 heterocycles. The Morgan fingerprint density at radius 3 is 2.77 bits per heavy atom. The number of nitrogens with one attached hydrogen (secondary N) is 1. The molecule has 0 aliphatic rings. The molecular weight excluding hydrogens is 282 g/mol. The lowest BCUT2D eigenvalue weighted by atomic mass is 10.1. The topological polar surface area (TPSA) is 84.3 Å². The highest BCUT2D eigenvalue weighted by Gasteiger charge is 2.14. The van der Waals surface area contributed by atoms with Gasteiger partial charge in [0, 0.05) is 6.54 Å². The number of aryl methyl sites for hydroxylation is 1. The highest BCUT2D eigenvalue weighted by molar-refractivity contribution is 5.91. The molecule has 0 radical (unpaired) electrons. The molecule has 0 saturated heterocycles. The molecule has 1 aromatic heterocycles. The van der Waals surface area contributed by atoms with Crippen molar-refractivity contribution in [2.75, 3.05) is 18.5 Å². The van der Waals surface area contributed by atoms with Crippen molar-refractivity contribution >= 4 is 11.9 Å². The second-order valence-corrected chi connectivity index (χ2v) is 4.67. The van der Waals surface area contributed by atoms with Gasteiger partial charge in [-0.1, -0.05) is 30.3 Å². The third-order valence-electron chi connectivity index (χ3n) is 3.03. The minimum Gasteiger partial charge on any atom is -0.493 e. The summed E-state index contributed by atoms with van der Waals surface area (Å²) in [5.74, 6) is -0.715. The van der Waals surface area contributed by atoms with Crippen molar-refractivity contribution in [3.63, 3.8) is 0 Å². The minimum atomic E-state index is -0.629. The van der Waals surface area contributed by atoms with Crippen LogP contribution in [0.15, 0.2) is 36.5 Å². The van der Waals surface area contributed by atoms with Crippen LogP contribution >= 0.6 is 0 Å². The van der Waals surface area contributed by atoms with Gasteiger partial charge in [0.2, 0.25) is 11.8 Å². The first-order valence-electron chi connectivity index (χ1n) is 7.21. The lowest BCUT2D eigenvalue weighted by Crippen LogP contribution is -2.10. The molecule has 0 amide bonds. The normalized spacial score (nSPS) is 10.2. The number of rotatable bonds is 7. The third-order valence-corrected chi connectivity index (χ3v) is 3.03. The fraction of sp³-hybridized carbons (Fsp3) is 0.312. The average molecular weight is 301 g/mol. The van der Waals surface area contributed by atoms with Gasteiger partial charge in [0.15, 0.2) is 0 Å². The van der Waals surface area contributed by atoms with Crippen molar-refractivity contribution in [3.05, 3.63) is 47.7 Å². The Hall–Kier alpha value is -2.63. The minimum absolute atomic E-state index is 0.0308. The van der Waals surface area contributed by atoms with E-state index in [-0.39, 0.29) is 18.1 Å². The molecule has 2 N–H and O–H groups in total. The predicted octanol–water partition coefficient (Wildman–Crippen LogP) is 2.40. The Morgan fingerprint density at radius 2 is 2.09 bits per heavy atom. The summed E-state index contributed by atoms with van der Waals surface area (Å²) in [7, 11) is 0. The van der Waals surface area contributed by atoms with E-state index < -0.39 is 5.97 Å². The summed E-state index contributed by atoms with van der Waals surface area (Å²) in [5, 5.41) is 12.8. The lowest BCUT2D eigenvalue weighted by Gasteiger charge is -2.07. The van der Waals surface area contributed by atoms with E-state index in [4.69, 9.17) is 4.74 Å². The molecule has 22 heavy (non-hydrogen) atoms. The van der Waals surface area contributed by atoms with Crippen LogP contribution < -0.4 is 5.32 Å². The summed E-state index contributed by atoms with van der Waals surface area (Å²) in [6, 6.07) is 10.2. The Bertz CT molecular complexity index is 617. The monoisotopic (exact) mass is 301 g/mol. The van der Waals surface area contributed by atoms with Crippen LogP contribution in [-0.4, -0.2) is 34.2 Å². The van der Waals surface area contributed by atoms with Gasteiger partial charge in [-0.05, 0) is 25.3 Å². The van der Waals surface area contributed by atoms with Crippen LogP contribution in [0, 0.1) is 0 Å². The molecule has 0 spiro atoms. The lowest BCUT2D eigenvalue weighted by molar-refractivity contribution is 0.0521. The van der Waals surface area contributed by atoms with E-state index >= 15 is 0 Å². The van der Waals surface area contributed by atoms with Gasteiger partial charge in [-0.15, -0.1) is 0 Å². The number of ether oxygens (including phenoxy) is 1. The van der Waals surface area contributed by atoms with E-state index in [0.29, 0.717) is 12.5 Å². The highest BCUT2D eigenvalue weighted by atomic mass is 16.5. The number of nitrogens with zero attached hydrogens (tertiary/aromatic N) is 2. The molecule has 1 aromatic carbocycles. The van der Waals surface area contributed by atoms with Crippen molar-refractivity contribution in [3.8, 4) is 5.88 Å². The van der Waals surface area contributed by atoms with Crippen molar-refractivity contribution in [2.45, 2.75) is 19.8 Å². The molecule has 0 unspecified atom stereocenters. The van der Waals surface area contributed by atoms with E-state index in [0.717, 1.165) is 12.8 Å². The summed E-state index contributed by atoms with van der Waals surface area (Å²) < 4.78 is 4.80. The van der Waals surface area contributed by atoms with Gasteiger partial charge in [0.25, 0.3) is 0 Å². The van der Waals surface area contributed by atoms with Crippen LogP contribution in [-0.2, 0) is 11.2 Å². The molecule has 6 nitrogen and oxygen atoms in total. The fourth-order valence-electron chi connectivity index (χ4n) is 1.95. The number of hydrogen-bond acceptors (Lipinski definition) is 6. The van der Waals surface area contributed by atoms with Crippen molar-refractivity contribution in [1.82, 2.24) is 9.97 Å². The van der Waals surface area contributed by atoms with Crippen LogP contribution in [0.3, 0.4) is 0 Å². The Morgan fingerprint density at radius 1 is 1.32 bits per heavy atom. The number of anilines is 1. The zero-order valence-electron chi connectivity index (χ0n) is 12.5. The first-order chi connectivity index (χ1) is 10.7. The molecule has 0 saturated carbocycles. The zero-order valence-corrected chi connectivity index (χ0v) is 12.5. The molecule has 116 valence electrons. The number of esters is 1. The molecule has 2 aromatic rings. The van der Waals surface area contributed by atoms with Gasteiger partial charge < -0.3 is 15.2 Å². The first-order valence-corrected chi connectivity index (χ1v) is 7.21. The van der Waals surface area contributed by atoms with Crippen LogP contribution in [0.2, 0.25) is 0 Å². The van der Waals surface area contributed by atoms with E-state index in [1.165, 1.54) is 11.8 Å². The maximum absolute atomic E-state index is 11.5. The smallest absolute Gasteiger partial charge is 0.345 e. The van der Waals surface area contributed by atoms with E-state index in [2.05, 4.69) is 27.4 Å². The van der Waals surface area contributed by atoms with Crippen LogP contribution in [0.1, 0.15) is 29.3 Å². The highest BCUT2D eigenvalue weighted by Crippen LogP contribution is 2.15. The Kier molecular flexibility index (Phi) is 5.71. The number of carbonyl (C=O) groups excluding carboxylic acids is 1. The van der Waals surface area contributed by atoms with Gasteiger partial charge in [0.05, 0.1) is 12.8 Å². The number of aromatic hydroxyl groups is 1. The summed E-state index contributed by atoms with van der Waals surface area (Å²) in [6.45, 7) is 2.60. The third kappa shape index (κ3) is 4.44. The van der Waals surface area contributed by atoms with Crippen molar-refractivity contribution in [2.24, 2.45) is 0 Å². The fourth-order valence-corrected chi connectivity index (χ4v) is 1.95. The van der Waals surface area contributed by atoms with E-state index in [1.807, 2.05) is 18.2 Å². The Labute approximate surface area is 129 Å². The molecule has 6 heteroatoms. The summed E-state index contributed by atoms with van der Waals surface area (Å²) in [6.07, 6.45) is 3.12. The molecule has 2 rings (SSSR count). The first kappa shape index (κ1) is 15.8. The number of carbonyl (C=O) groups is 1. The number of benzene rings is 1. The molecule has 0 fully saturated rings. The SMILES string of the molecule is CCOC(=O)c1cnc(NCCCc2ccccc2)nc1O. The maximum Gasteiger partial charge on any atom is 0.345 e. The molecule has 0 bridgehead atoms. The van der Waals surface area contributed by atoms with Crippen LogP contribution in [0.25, 0.3) is 0 Å². The standard InChI is InChI=1S/C16H19N3O3/c1-2-22-15(21)13-11-18-16(19-14(13)20)17-10-6-9-12-7-4-3-5-8-12/h3-5,7-8,11H,2,6,9-10H2,1H3,(H2,17,18,19,20). The van der Waals surface area contributed by atoms with Gasteiger partial charge in [-0.25, -0.2) is 9.78 Å². The molecule has 0 aliphatic carbocycles. The van der Waals surface area contributed by atoms with Crippen LogP contribution in [0.4, 0.5) is 5.95 Å². The largest absolute Gasteiger partial charge is 0.493 e. The van der Waals surface area contributed by atoms with Crippen LogP contribution in [0.5, 0.6) is 5.88 Å². The number of aromatic nitrogens is 2. The molecular formula is C16H19N3O3. The van der Waals surface area contributed by atoms with Gasteiger partial charge in [-0.3, -0.25) is 0 Å². The summed E-state index contributed by atoms with van der Waals surface area (Å²) in [5.41, 5.74) is 1.24. The summed E-state index contributed by atoms with van der Waals surface area (Å²) >= 11 is 0. The zero-order chi connectivity index (χ0) is 15.8. The second kappa shape index (κ2) is 7.97. The van der Waals surface area contributed by atoms with Gasteiger partial charge in [-0.2, -0.15) is 4.98 Å². The molecule has 0 atom stereocenters. The predicted molar refractivity (Wildman–Crippen MR) is 82.9 cm³/mol. The van der Waals surface area contributed by atoms with E-state index in [9.17, 15) is 9.90 Å². The average Bonchev–Trinajstić information content (AvgIpc) is 2.53. The quantitative estimate of drug-likeness (QED) is 0.603. The molecule has 0 aliphatic heterocycles.